The third kappa shape index (κ3) is 2.44. The summed E-state index contributed by atoms with van der Waals surface area (Å²) in [4.78, 5) is 11.2. The first-order valence-electron chi connectivity index (χ1n) is 6.48. The number of hydrogen-bond donors (Lipinski definition) is 0. The Balaban J connectivity index is 1.58. The summed E-state index contributed by atoms with van der Waals surface area (Å²) >= 11 is 8.52. The maximum absolute atomic E-state index is 5.85. The van der Waals surface area contributed by atoms with E-state index in [9.17, 15) is 0 Å². The highest BCUT2D eigenvalue weighted by molar-refractivity contribution is 9.13. The number of nitrogens with zero attached hydrogens (tertiary/aromatic N) is 4. The molecule has 1 spiro atoms. The van der Waals surface area contributed by atoms with Gasteiger partial charge in [-0.15, -0.1) is 11.3 Å². The largest absolute Gasteiger partial charge is 0.375 e. The Morgan fingerprint density at radius 1 is 1.33 bits per heavy atom. The molecule has 0 aromatic carbocycles. The number of hydrogen-bond acceptors (Lipinski definition) is 6. The van der Waals surface area contributed by atoms with Crippen LogP contribution in [0.25, 0.3) is 5.82 Å². The molecule has 2 aromatic rings. The molecule has 0 N–H and O–H groups in total. The van der Waals surface area contributed by atoms with Crippen LogP contribution >= 0.6 is 43.2 Å². The minimum atomic E-state index is -0.122. The molecule has 21 heavy (non-hydrogen) atoms. The Labute approximate surface area is 142 Å². The highest BCUT2D eigenvalue weighted by atomic mass is 79.9. The molecule has 2 fully saturated rings. The SMILES string of the molecule is Brc1ncn(-c2csc(N3CCOC4(COC4)C3)n2)c1Br. The number of thiazole rings is 1. The maximum Gasteiger partial charge on any atom is 0.187 e. The van der Waals surface area contributed by atoms with Crippen LogP contribution in [-0.2, 0) is 9.47 Å². The first-order chi connectivity index (χ1) is 10.2. The van der Waals surface area contributed by atoms with Crippen molar-refractivity contribution < 1.29 is 9.47 Å². The Hall–Kier alpha value is -0.480. The molecule has 0 saturated carbocycles. The van der Waals surface area contributed by atoms with Gasteiger partial charge >= 0.3 is 0 Å². The molecule has 2 aromatic heterocycles. The van der Waals surface area contributed by atoms with Crippen LogP contribution in [0.2, 0.25) is 0 Å². The molecule has 4 rings (SSSR count). The monoisotopic (exact) mass is 434 g/mol. The summed E-state index contributed by atoms with van der Waals surface area (Å²) in [5.41, 5.74) is -0.122. The Morgan fingerprint density at radius 2 is 2.19 bits per heavy atom. The van der Waals surface area contributed by atoms with Gasteiger partial charge in [-0.3, -0.25) is 4.57 Å². The molecule has 0 atom stereocenters. The minimum absolute atomic E-state index is 0.122. The molecule has 0 bridgehead atoms. The topological polar surface area (TPSA) is 52.4 Å². The molecule has 4 heterocycles. The number of ether oxygens (including phenoxy) is 2. The zero-order chi connectivity index (χ0) is 14.4. The smallest absolute Gasteiger partial charge is 0.187 e. The zero-order valence-corrected chi connectivity index (χ0v) is 14.9. The lowest BCUT2D eigenvalue weighted by Crippen LogP contribution is -2.63. The van der Waals surface area contributed by atoms with Gasteiger partial charge in [0.15, 0.2) is 10.9 Å². The summed E-state index contributed by atoms with van der Waals surface area (Å²) in [5.74, 6) is 0.866. The highest BCUT2D eigenvalue weighted by Gasteiger charge is 2.44. The molecular weight excluding hydrogens is 424 g/mol. The third-order valence-corrected chi connectivity index (χ3v) is 6.40. The van der Waals surface area contributed by atoms with Gasteiger partial charge in [0.1, 0.15) is 21.1 Å². The van der Waals surface area contributed by atoms with E-state index in [1.807, 2.05) is 9.95 Å². The summed E-state index contributed by atoms with van der Waals surface area (Å²) in [6.07, 6.45) is 1.74. The Bertz CT molecular complexity index is 670. The summed E-state index contributed by atoms with van der Waals surface area (Å²) in [5, 5.41) is 3.05. The standard InChI is InChI=1S/C12H12Br2N4O2S/c13-9-10(14)18(7-15-9)8-3-21-11(16-8)17-1-2-20-12(4-17)5-19-6-12/h3,7H,1-2,4-6H2. The number of morpholine rings is 1. The van der Waals surface area contributed by atoms with Gasteiger partial charge in [0.05, 0.1) is 26.4 Å². The number of aromatic nitrogens is 3. The normalized spacial score (nSPS) is 20.8. The van der Waals surface area contributed by atoms with Crippen LogP contribution in [0.5, 0.6) is 0 Å². The van der Waals surface area contributed by atoms with E-state index in [0.29, 0.717) is 13.2 Å². The second kappa shape index (κ2) is 5.31. The van der Waals surface area contributed by atoms with E-state index >= 15 is 0 Å². The van der Waals surface area contributed by atoms with Gasteiger partial charge in [0.2, 0.25) is 0 Å². The van der Waals surface area contributed by atoms with E-state index in [1.54, 1.807) is 17.7 Å². The first kappa shape index (κ1) is 14.1. The van der Waals surface area contributed by atoms with Crippen molar-refractivity contribution in [1.29, 1.82) is 0 Å². The number of halogens is 2. The maximum atomic E-state index is 5.85. The van der Waals surface area contributed by atoms with Crippen molar-refractivity contribution in [3.05, 3.63) is 20.9 Å². The van der Waals surface area contributed by atoms with E-state index in [-0.39, 0.29) is 5.60 Å². The van der Waals surface area contributed by atoms with Gasteiger partial charge in [-0.25, -0.2) is 9.97 Å². The fourth-order valence-corrected chi connectivity index (χ4v) is 3.98. The van der Waals surface area contributed by atoms with Gasteiger partial charge in [-0.1, -0.05) is 0 Å². The molecule has 2 aliphatic rings. The lowest BCUT2D eigenvalue weighted by Gasteiger charge is -2.47. The van der Waals surface area contributed by atoms with Gasteiger partial charge in [0, 0.05) is 11.9 Å². The van der Waals surface area contributed by atoms with Crippen molar-refractivity contribution >= 4 is 48.3 Å². The molecule has 2 saturated heterocycles. The van der Waals surface area contributed by atoms with E-state index in [1.165, 1.54) is 0 Å². The molecule has 0 aliphatic carbocycles. The predicted octanol–water partition coefficient (Wildman–Crippen LogP) is 2.46. The quantitative estimate of drug-likeness (QED) is 0.725. The summed E-state index contributed by atoms with van der Waals surface area (Å²) in [6.45, 7) is 3.79. The van der Waals surface area contributed by atoms with Crippen LogP contribution in [0, 0.1) is 0 Å². The van der Waals surface area contributed by atoms with Crippen molar-refractivity contribution in [3.63, 3.8) is 0 Å². The highest BCUT2D eigenvalue weighted by Crippen LogP contribution is 2.32. The lowest BCUT2D eigenvalue weighted by molar-refractivity contribution is -0.211. The van der Waals surface area contributed by atoms with Gasteiger partial charge in [-0.05, 0) is 31.9 Å². The molecular formula is C12H12Br2N4O2S. The van der Waals surface area contributed by atoms with Crippen LogP contribution in [0.15, 0.2) is 20.9 Å². The minimum Gasteiger partial charge on any atom is -0.375 e. The zero-order valence-electron chi connectivity index (χ0n) is 11.0. The Morgan fingerprint density at radius 3 is 2.86 bits per heavy atom. The number of anilines is 1. The van der Waals surface area contributed by atoms with Crippen molar-refractivity contribution in [2.45, 2.75) is 5.60 Å². The molecule has 9 heteroatoms. The van der Waals surface area contributed by atoms with Crippen LogP contribution in [-0.4, -0.2) is 53.0 Å². The molecule has 0 radical (unpaired) electrons. The van der Waals surface area contributed by atoms with Crippen molar-refractivity contribution in [3.8, 4) is 5.82 Å². The van der Waals surface area contributed by atoms with Crippen LogP contribution < -0.4 is 4.90 Å². The van der Waals surface area contributed by atoms with Crippen molar-refractivity contribution in [1.82, 2.24) is 14.5 Å². The van der Waals surface area contributed by atoms with E-state index in [0.717, 1.165) is 39.9 Å². The average molecular weight is 436 g/mol. The van der Waals surface area contributed by atoms with Crippen molar-refractivity contribution in [2.75, 3.05) is 37.8 Å². The first-order valence-corrected chi connectivity index (χ1v) is 8.94. The fraction of sp³-hybridized carbons (Fsp3) is 0.500. The predicted molar refractivity (Wildman–Crippen MR) is 86.4 cm³/mol. The lowest BCUT2D eigenvalue weighted by atomic mass is 10.0. The second-order valence-corrected chi connectivity index (χ2v) is 7.47. The average Bonchev–Trinajstić information content (AvgIpc) is 3.06. The second-order valence-electron chi connectivity index (χ2n) is 5.13. The van der Waals surface area contributed by atoms with E-state index in [4.69, 9.17) is 14.5 Å². The van der Waals surface area contributed by atoms with Gasteiger partial charge < -0.3 is 14.4 Å². The van der Waals surface area contributed by atoms with Crippen LogP contribution in [0.3, 0.4) is 0 Å². The van der Waals surface area contributed by atoms with E-state index in [2.05, 4.69) is 41.7 Å². The molecule has 112 valence electrons. The molecule has 2 aliphatic heterocycles. The summed E-state index contributed by atoms with van der Waals surface area (Å²) in [7, 11) is 0. The summed E-state index contributed by atoms with van der Waals surface area (Å²) in [6, 6.07) is 0. The third-order valence-electron chi connectivity index (χ3n) is 3.64. The van der Waals surface area contributed by atoms with Gasteiger partial charge in [0.25, 0.3) is 0 Å². The summed E-state index contributed by atoms with van der Waals surface area (Å²) < 4.78 is 14.7. The molecule has 0 unspecified atom stereocenters. The van der Waals surface area contributed by atoms with Crippen LogP contribution in [0.4, 0.5) is 5.13 Å². The Kier molecular flexibility index (Phi) is 3.57. The van der Waals surface area contributed by atoms with E-state index < -0.39 is 0 Å². The molecule has 6 nitrogen and oxygen atoms in total. The number of rotatable bonds is 2. The number of imidazole rings is 1. The van der Waals surface area contributed by atoms with Crippen LogP contribution in [0.1, 0.15) is 0 Å². The molecule has 0 amide bonds. The van der Waals surface area contributed by atoms with Gasteiger partial charge in [-0.2, -0.15) is 0 Å². The fourth-order valence-electron chi connectivity index (χ4n) is 2.50. The van der Waals surface area contributed by atoms with Crippen molar-refractivity contribution in [2.24, 2.45) is 0 Å².